The molecule has 360 valence electrons. The standard InChI is InChI=1S/C42H66O21/c1-4-5-6-9-19-12-21(57-41-35(54)37(29(48)24(15-44)60-41)62-39-33(52)31(50)27(46)18(3)56-39)26(20-10-7-8-17(2)11-20)22(13-19)58-42-36(55)38(30(49)25(16-45)61-42)63-40-34(53)32(51)28(47)23(14-43)59-40/h11-13,18,20,23-25,27-55H,4-10,14-16H2,1-3H3/t18-,20+,23-,24-,25-,27-,28-,29-,30-,31+,32+,33-,34-,35-,36-,37+,38+,39+,40+,41-,42-/m1/s1. The molecular formula is C42H66O21. The van der Waals surface area contributed by atoms with Crippen LogP contribution in [0.25, 0.3) is 0 Å². The third-order valence-corrected chi connectivity index (χ3v) is 12.5. The number of aliphatic hydroxyl groups is 13. The summed E-state index contributed by atoms with van der Waals surface area (Å²) in [6.45, 7) is 3.11. The summed E-state index contributed by atoms with van der Waals surface area (Å²) in [4.78, 5) is 0. The molecule has 63 heavy (non-hydrogen) atoms. The molecule has 0 spiro atoms. The number of unbranched alkanes of at least 4 members (excludes halogenated alkanes) is 2. The molecule has 0 unspecified atom stereocenters. The van der Waals surface area contributed by atoms with E-state index in [1.165, 1.54) is 6.92 Å². The summed E-state index contributed by atoms with van der Waals surface area (Å²) in [5.74, 6) is -0.164. The number of rotatable bonds is 16. The van der Waals surface area contributed by atoms with E-state index in [-0.39, 0.29) is 11.5 Å². The van der Waals surface area contributed by atoms with Gasteiger partial charge in [0.15, 0.2) is 12.6 Å². The van der Waals surface area contributed by atoms with Crippen LogP contribution in [0.15, 0.2) is 23.8 Å². The Balaban J connectivity index is 1.36. The summed E-state index contributed by atoms with van der Waals surface area (Å²) in [6, 6.07) is 3.46. The molecule has 1 aromatic rings. The molecule has 21 heteroatoms. The minimum atomic E-state index is -1.89. The van der Waals surface area contributed by atoms with E-state index in [9.17, 15) is 66.4 Å². The minimum Gasteiger partial charge on any atom is -0.462 e. The lowest BCUT2D eigenvalue weighted by atomic mass is 9.84. The van der Waals surface area contributed by atoms with Crippen molar-refractivity contribution < 1.29 is 104 Å². The molecule has 5 aliphatic rings. The van der Waals surface area contributed by atoms with Crippen molar-refractivity contribution in [2.45, 2.75) is 194 Å². The monoisotopic (exact) mass is 906 g/mol. The van der Waals surface area contributed by atoms with Crippen LogP contribution in [-0.4, -0.2) is 209 Å². The van der Waals surface area contributed by atoms with Gasteiger partial charge >= 0.3 is 0 Å². The average molecular weight is 907 g/mol. The number of allylic oxidation sites excluding steroid dienone is 2. The number of aryl methyl sites for hydroxylation is 1. The molecule has 4 saturated heterocycles. The molecule has 0 radical (unpaired) electrons. The number of hydrogen-bond acceptors (Lipinski definition) is 21. The minimum absolute atomic E-state index is 0.121. The lowest BCUT2D eigenvalue weighted by molar-refractivity contribution is -0.353. The van der Waals surface area contributed by atoms with E-state index < -0.39 is 149 Å². The molecule has 4 aliphatic heterocycles. The van der Waals surface area contributed by atoms with Gasteiger partial charge in [0.25, 0.3) is 0 Å². The van der Waals surface area contributed by atoms with Gasteiger partial charge in [-0.05, 0) is 63.6 Å². The van der Waals surface area contributed by atoms with E-state index in [0.29, 0.717) is 24.0 Å². The Morgan fingerprint density at radius 1 is 0.571 bits per heavy atom. The van der Waals surface area contributed by atoms with Crippen molar-refractivity contribution in [2.75, 3.05) is 19.8 Å². The molecule has 21 nitrogen and oxygen atoms in total. The molecular weight excluding hydrogens is 840 g/mol. The SMILES string of the molecule is CCCCCc1cc(O[C@@H]2O[C@H](CO)[C@@H](O)[C@H](O[C@@H]3O[C@H](C)[C@@H](O)[C@H](O)[C@H]3O)[C@H]2O)c([C@@H]2C=C(C)CCC2)c(O[C@@H]2O[C@H](CO)[C@@H](O)[C@H](O[C@@H]3O[C@H](CO)[C@@H](O)[C@H](O)[C@H]3O)[C@H]2O)c1. The van der Waals surface area contributed by atoms with Crippen molar-refractivity contribution in [1.82, 2.24) is 0 Å². The van der Waals surface area contributed by atoms with E-state index in [2.05, 4.69) is 0 Å². The molecule has 4 heterocycles. The van der Waals surface area contributed by atoms with Crippen molar-refractivity contribution >= 4 is 0 Å². The molecule has 1 aliphatic carbocycles. The van der Waals surface area contributed by atoms with Crippen LogP contribution in [0, 0.1) is 0 Å². The molecule has 21 atom stereocenters. The van der Waals surface area contributed by atoms with Crippen molar-refractivity contribution in [2.24, 2.45) is 0 Å². The first-order valence-corrected chi connectivity index (χ1v) is 21.8. The summed E-state index contributed by atoms with van der Waals surface area (Å²) in [6.07, 6.45) is -25.7. The van der Waals surface area contributed by atoms with Gasteiger partial charge in [0, 0.05) is 11.5 Å². The van der Waals surface area contributed by atoms with Crippen LogP contribution in [0.4, 0.5) is 0 Å². The zero-order valence-electron chi connectivity index (χ0n) is 35.5. The normalized spacial score (nSPS) is 43.6. The molecule has 13 N–H and O–H groups in total. The first-order chi connectivity index (χ1) is 30.0. The van der Waals surface area contributed by atoms with Crippen LogP contribution in [0.3, 0.4) is 0 Å². The Bertz CT molecular complexity index is 1630. The smallest absolute Gasteiger partial charge is 0.229 e. The zero-order chi connectivity index (χ0) is 45.9. The van der Waals surface area contributed by atoms with E-state index >= 15 is 0 Å². The van der Waals surface area contributed by atoms with Crippen LogP contribution in [-0.2, 0) is 34.8 Å². The molecule has 1 aromatic carbocycles. The molecule has 0 bridgehead atoms. The Kier molecular flexibility index (Phi) is 17.6. The second-order valence-corrected chi connectivity index (χ2v) is 17.2. The Morgan fingerprint density at radius 2 is 1.05 bits per heavy atom. The van der Waals surface area contributed by atoms with E-state index in [1.54, 1.807) is 12.1 Å². The van der Waals surface area contributed by atoms with Gasteiger partial charge in [-0.15, -0.1) is 0 Å². The maximum atomic E-state index is 11.8. The van der Waals surface area contributed by atoms with Crippen LogP contribution in [0.2, 0.25) is 0 Å². The zero-order valence-corrected chi connectivity index (χ0v) is 35.5. The third kappa shape index (κ3) is 11.0. The lowest BCUT2D eigenvalue weighted by Gasteiger charge is -2.46. The fourth-order valence-corrected chi connectivity index (χ4v) is 8.77. The van der Waals surface area contributed by atoms with Gasteiger partial charge in [-0.2, -0.15) is 0 Å². The predicted molar refractivity (Wildman–Crippen MR) is 213 cm³/mol. The first-order valence-electron chi connectivity index (χ1n) is 21.8. The van der Waals surface area contributed by atoms with Gasteiger partial charge in [-0.3, -0.25) is 0 Å². The topological polar surface area (TPSA) is 337 Å². The number of benzene rings is 1. The molecule has 0 aromatic heterocycles. The third-order valence-electron chi connectivity index (χ3n) is 12.5. The number of hydrogen-bond donors (Lipinski definition) is 13. The Morgan fingerprint density at radius 3 is 1.54 bits per heavy atom. The number of aliphatic hydroxyl groups excluding tert-OH is 13. The average Bonchev–Trinajstić information content (AvgIpc) is 3.26. The van der Waals surface area contributed by atoms with Crippen molar-refractivity contribution in [3.8, 4) is 11.5 Å². The maximum Gasteiger partial charge on any atom is 0.229 e. The molecule has 0 amide bonds. The first kappa shape index (κ1) is 50.2. The van der Waals surface area contributed by atoms with Gasteiger partial charge in [-0.25, -0.2) is 0 Å². The molecule has 4 fully saturated rings. The summed E-state index contributed by atoms with van der Waals surface area (Å²) in [5, 5.41) is 139. The van der Waals surface area contributed by atoms with Gasteiger partial charge < -0.3 is 104 Å². The summed E-state index contributed by atoms with van der Waals surface area (Å²) in [5.41, 5.74) is 2.11. The largest absolute Gasteiger partial charge is 0.462 e. The highest BCUT2D eigenvalue weighted by Gasteiger charge is 2.53. The summed E-state index contributed by atoms with van der Waals surface area (Å²) in [7, 11) is 0. The summed E-state index contributed by atoms with van der Waals surface area (Å²) < 4.78 is 47.6. The van der Waals surface area contributed by atoms with Gasteiger partial charge in [-0.1, -0.05) is 31.4 Å². The molecule has 6 rings (SSSR count). The van der Waals surface area contributed by atoms with Gasteiger partial charge in [0.1, 0.15) is 103 Å². The van der Waals surface area contributed by atoms with Crippen LogP contribution in [0.1, 0.15) is 76.3 Å². The second kappa shape index (κ2) is 22.1. The van der Waals surface area contributed by atoms with Crippen molar-refractivity contribution in [3.63, 3.8) is 0 Å². The fraction of sp³-hybridized carbons (Fsp3) is 0.810. The second-order valence-electron chi connectivity index (χ2n) is 17.2. The van der Waals surface area contributed by atoms with Crippen LogP contribution >= 0.6 is 0 Å². The Hall–Kier alpha value is -2.20. The maximum absolute atomic E-state index is 11.8. The van der Waals surface area contributed by atoms with Gasteiger partial charge in [0.05, 0.1) is 25.9 Å². The van der Waals surface area contributed by atoms with Gasteiger partial charge in [0.2, 0.25) is 12.6 Å². The Labute approximate surface area is 364 Å². The highest BCUT2D eigenvalue weighted by atomic mass is 16.8. The number of ether oxygens (including phenoxy) is 8. The quantitative estimate of drug-likeness (QED) is 0.0570. The van der Waals surface area contributed by atoms with Crippen LogP contribution < -0.4 is 9.47 Å². The lowest BCUT2D eigenvalue weighted by Crippen LogP contribution is -2.65. The van der Waals surface area contributed by atoms with Crippen molar-refractivity contribution in [1.29, 1.82) is 0 Å². The highest BCUT2D eigenvalue weighted by Crippen LogP contribution is 2.45. The summed E-state index contributed by atoms with van der Waals surface area (Å²) >= 11 is 0. The van der Waals surface area contributed by atoms with Crippen LogP contribution in [0.5, 0.6) is 11.5 Å². The predicted octanol–water partition coefficient (Wildman–Crippen LogP) is -3.33. The van der Waals surface area contributed by atoms with E-state index in [1.807, 2.05) is 19.9 Å². The molecule has 0 saturated carbocycles. The van der Waals surface area contributed by atoms with E-state index in [0.717, 1.165) is 37.7 Å². The van der Waals surface area contributed by atoms with Crippen molar-refractivity contribution in [3.05, 3.63) is 34.9 Å². The highest BCUT2D eigenvalue weighted by molar-refractivity contribution is 5.52. The fourth-order valence-electron chi connectivity index (χ4n) is 8.77. The van der Waals surface area contributed by atoms with E-state index in [4.69, 9.17) is 37.9 Å².